The van der Waals surface area contributed by atoms with Crippen molar-refractivity contribution in [1.82, 2.24) is 9.97 Å². The van der Waals surface area contributed by atoms with Crippen LogP contribution in [0.15, 0.2) is 60.0 Å². The number of halogens is 1. The molecule has 0 fully saturated rings. The second-order valence-electron chi connectivity index (χ2n) is 8.92. The van der Waals surface area contributed by atoms with Gasteiger partial charge in [0.2, 0.25) is 5.95 Å². The highest BCUT2D eigenvalue weighted by atomic mass is 32.1. The van der Waals surface area contributed by atoms with E-state index in [1.165, 1.54) is 17.7 Å². The fourth-order valence-electron chi connectivity index (χ4n) is 4.48. The van der Waals surface area contributed by atoms with Gasteiger partial charge in [0, 0.05) is 28.4 Å². The van der Waals surface area contributed by atoms with Crippen LogP contribution in [0.4, 0.5) is 21.8 Å². The van der Waals surface area contributed by atoms with Crippen LogP contribution in [0.2, 0.25) is 0 Å². The Morgan fingerprint density at radius 1 is 1.17 bits per heavy atom. The molecule has 0 saturated heterocycles. The normalized spacial score (nSPS) is 14.9. The lowest BCUT2D eigenvalue weighted by molar-refractivity contribution is -0.133. The first kappa shape index (κ1) is 23.9. The average Bonchev–Trinajstić information content (AvgIpc) is 3.36. The molecule has 1 aliphatic heterocycles. The van der Waals surface area contributed by atoms with Crippen LogP contribution in [0, 0.1) is 19.7 Å². The van der Waals surface area contributed by atoms with Gasteiger partial charge in [-0.2, -0.15) is 4.98 Å². The Kier molecular flexibility index (Phi) is 6.69. The second kappa shape index (κ2) is 10.1. The first-order chi connectivity index (χ1) is 17.4. The van der Waals surface area contributed by atoms with E-state index in [2.05, 4.69) is 28.2 Å². The molecule has 1 N–H and O–H groups in total. The third-order valence-electron chi connectivity index (χ3n) is 6.52. The summed E-state index contributed by atoms with van der Waals surface area (Å²) in [6.45, 7) is 6.93. The zero-order valence-electron chi connectivity index (χ0n) is 20.4. The van der Waals surface area contributed by atoms with Crippen LogP contribution < -0.4 is 15.0 Å². The van der Waals surface area contributed by atoms with Crippen LogP contribution in [-0.4, -0.2) is 22.5 Å². The highest BCUT2D eigenvalue weighted by molar-refractivity contribution is 7.10. The Bertz CT molecular complexity index is 1390. The number of aryl methyl sites for hydroxylation is 1. The van der Waals surface area contributed by atoms with Crippen molar-refractivity contribution in [3.63, 3.8) is 0 Å². The quantitative estimate of drug-likeness (QED) is 0.246. The number of ether oxygens (including phenoxy) is 1. The number of hydrogen-bond acceptors (Lipinski definition) is 7. The van der Waals surface area contributed by atoms with Gasteiger partial charge in [-0.15, -0.1) is 11.3 Å². The molecule has 8 heteroatoms. The lowest BCUT2D eigenvalue weighted by atomic mass is 9.93. The lowest BCUT2D eigenvalue weighted by Crippen LogP contribution is -2.35. The zero-order valence-corrected chi connectivity index (χ0v) is 21.2. The molecule has 0 spiro atoms. The van der Waals surface area contributed by atoms with Gasteiger partial charge in [0.15, 0.2) is 0 Å². The van der Waals surface area contributed by atoms with Crippen molar-refractivity contribution < 1.29 is 13.9 Å². The number of benzene rings is 2. The van der Waals surface area contributed by atoms with E-state index in [1.54, 1.807) is 23.5 Å². The average molecular weight is 503 g/mol. The maximum Gasteiger partial charge on any atom is 0.316 e. The molecule has 36 heavy (non-hydrogen) atoms. The number of rotatable bonds is 6. The SMILES string of the molecule is Cc1nc(Nc2ccc(F)cc2)nc(N2CCc3ccc(OC(=O)Cc4cccs4)cc3C2C)c1C. The van der Waals surface area contributed by atoms with Gasteiger partial charge in [0.05, 0.1) is 12.5 Å². The van der Waals surface area contributed by atoms with Gasteiger partial charge in [0.1, 0.15) is 17.4 Å². The van der Waals surface area contributed by atoms with E-state index in [0.717, 1.165) is 46.2 Å². The van der Waals surface area contributed by atoms with Crippen molar-refractivity contribution in [2.45, 2.75) is 39.7 Å². The number of anilines is 3. The minimum atomic E-state index is -0.292. The molecule has 2 aromatic heterocycles. The number of nitrogens with one attached hydrogen (secondary N) is 1. The largest absolute Gasteiger partial charge is 0.426 e. The maximum atomic E-state index is 13.3. The number of thiophene rings is 1. The predicted molar refractivity (Wildman–Crippen MR) is 141 cm³/mol. The summed E-state index contributed by atoms with van der Waals surface area (Å²) in [6, 6.07) is 15.9. The Balaban J connectivity index is 1.38. The Hall–Kier alpha value is -3.78. The lowest BCUT2D eigenvalue weighted by Gasteiger charge is -2.37. The summed E-state index contributed by atoms with van der Waals surface area (Å²) in [5.41, 5.74) is 4.96. The molecular formula is C28H27FN4O2S. The summed E-state index contributed by atoms with van der Waals surface area (Å²) < 4.78 is 19.0. The van der Waals surface area contributed by atoms with E-state index in [1.807, 2.05) is 43.5 Å². The molecule has 1 aliphatic rings. The van der Waals surface area contributed by atoms with Crippen LogP contribution in [-0.2, 0) is 17.6 Å². The molecule has 184 valence electrons. The van der Waals surface area contributed by atoms with Crippen LogP contribution in [0.1, 0.15) is 40.2 Å². The summed E-state index contributed by atoms with van der Waals surface area (Å²) in [7, 11) is 0. The van der Waals surface area contributed by atoms with Crippen molar-refractivity contribution in [3.8, 4) is 5.75 Å². The molecule has 0 saturated carbocycles. The minimum absolute atomic E-state index is 0.0244. The van der Waals surface area contributed by atoms with Crippen LogP contribution in [0.25, 0.3) is 0 Å². The van der Waals surface area contributed by atoms with Gasteiger partial charge in [-0.25, -0.2) is 9.37 Å². The smallest absolute Gasteiger partial charge is 0.316 e. The van der Waals surface area contributed by atoms with E-state index in [4.69, 9.17) is 9.72 Å². The number of hydrogen-bond donors (Lipinski definition) is 1. The number of fused-ring (bicyclic) bond motifs is 1. The fraction of sp³-hybridized carbons (Fsp3) is 0.250. The molecule has 3 heterocycles. The van der Waals surface area contributed by atoms with E-state index in [-0.39, 0.29) is 24.2 Å². The topological polar surface area (TPSA) is 67.3 Å². The predicted octanol–water partition coefficient (Wildman–Crippen LogP) is 6.31. The van der Waals surface area contributed by atoms with Gasteiger partial charge < -0.3 is 15.0 Å². The Morgan fingerprint density at radius 3 is 2.72 bits per heavy atom. The first-order valence-electron chi connectivity index (χ1n) is 11.9. The van der Waals surface area contributed by atoms with Crippen LogP contribution in [0.5, 0.6) is 5.75 Å². The standard InChI is InChI=1S/C28H27FN4O2S/c1-17-18(2)30-28(31-22-9-7-21(29)8-10-22)32-27(17)33-13-12-20-6-11-23(15-25(20)19(33)3)35-26(34)16-24-5-4-14-36-24/h4-11,14-15,19H,12-13,16H2,1-3H3,(H,30,31,32). The fourth-order valence-corrected chi connectivity index (χ4v) is 5.17. The van der Waals surface area contributed by atoms with E-state index < -0.39 is 0 Å². The number of aromatic nitrogens is 2. The first-order valence-corrected chi connectivity index (χ1v) is 12.8. The maximum absolute atomic E-state index is 13.3. The number of carbonyl (C=O) groups excluding carboxylic acids is 1. The molecule has 6 nitrogen and oxygen atoms in total. The molecule has 2 aromatic carbocycles. The van der Waals surface area contributed by atoms with Crippen molar-refractivity contribution in [1.29, 1.82) is 0 Å². The molecule has 0 aliphatic carbocycles. The molecule has 1 atom stereocenters. The molecule has 4 aromatic rings. The zero-order chi connectivity index (χ0) is 25.2. The highest BCUT2D eigenvalue weighted by Gasteiger charge is 2.28. The van der Waals surface area contributed by atoms with Crippen molar-refractivity contribution in [3.05, 3.63) is 93.1 Å². The summed E-state index contributed by atoms with van der Waals surface area (Å²) in [5, 5.41) is 5.14. The number of nitrogens with zero attached hydrogens (tertiary/aromatic N) is 3. The summed E-state index contributed by atoms with van der Waals surface area (Å²) >= 11 is 1.55. The monoisotopic (exact) mass is 502 g/mol. The Labute approximate surface area is 213 Å². The molecule has 0 bridgehead atoms. The molecule has 0 amide bonds. The van der Waals surface area contributed by atoms with Crippen molar-refractivity contribution >= 4 is 34.8 Å². The third kappa shape index (κ3) is 5.09. The van der Waals surface area contributed by atoms with E-state index >= 15 is 0 Å². The van der Waals surface area contributed by atoms with Gasteiger partial charge in [-0.05, 0) is 86.2 Å². The van der Waals surface area contributed by atoms with Gasteiger partial charge in [-0.3, -0.25) is 4.79 Å². The molecule has 0 radical (unpaired) electrons. The Morgan fingerprint density at radius 2 is 1.97 bits per heavy atom. The van der Waals surface area contributed by atoms with Crippen molar-refractivity contribution in [2.24, 2.45) is 0 Å². The van der Waals surface area contributed by atoms with Gasteiger partial charge >= 0.3 is 5.97 Å². The number of esters is 1. The van der Waals surface area contributed by atoms with E-state index in [0.29, 0.717) is 11.7 Å². The summed E-state index contributed by atoms with van der Waals surface area (Å²) in [6.07, 6.45) is 1.12. The summed E-state index contributed by atoms with van der Waals surface area (Å²) in [5.74, 6) is 1.31. The molecular weight excluding hydrogens is 475 g/mol. The second-order valence-corrected chi connectivity index (χ2v) is 9.96. The van der Waals surface area contributed by atoms with Crippen LogP contribution >= 0.6 is 11.3 Å². The molecule has 1 unspecified atom stereocenters. The number of carbonyl (C=O) groups is 1. The minimum Gasteiger partial charge on any atom is -0.426 e. The van der Waals surface area contributed by atoms with Gasteiger partial charge in [0.25, 0.3) is 0 Å². The van der Waals surface area contributed by atoms with Crippen LogP contribution in [0.3, 0.4) is 0 Å². The van der Waals surface area contributed by atoms with E-state index in [9.17, 15) is 9.18 Å². The van der Waals surface area contributed by atoms with Gasteiger partial charge in [-0.1, -0.05) is 12.1 Å². The highest BCUT2D eigenvalue weighted by Crippen LogP contribution is 2.37. The molecule has 5 rings (SSSR count). The van der Waals surface area contributed by atoms with Crippen molar-refractivity contribution in [2.75, 3.05) is 16.8 Å². The third-order valence-corrected chi connectivity index (χ3v) is 7.40. The summed E-state index contributed by atoms with van der Waals surface area (Å²) in [4.78, 5) is 25.1.